The van der Waals surface area contributed by atoms with Crippen molar-refractivity contribution in [2.24, 2.45) is 5.92 Å². The Kier molecular flexibility index (Phi) is 4.96. The lowest BCUT2D eigenvalue weighted by atomic mass is 9.96. The SMILES string of the molecule is CCC[C@@H]1CN(C(=O)c2noc3c2CCCC3)C[C@H]1NS(C)(=O)=O. The number of rotatable bonds is 5. The van der Waals surface area contributed by atoms with Crippen molar-refractivity contribution in [1.82, 2.24) is 14.8 Å². The van der Waals surface area contributed by atoms with Gasteiger partial charge in [-0.3, -0.25) is 4.79 Å². The molecule has 1 fully saturated rings. The van der Waals surface area contributed by atoms with Crippen LogP contribution in [0.4, 0.5) is 0 Å². The van der Waals surface area contributed by atoms with Crippen LogP contribution in [0.3, 0.4) is 0 Å². The average molecular weight is 355 g/mol. The van der Waals surface area contributed by atoms with Gasteiger partial charge in [-0.05, 0) is 31.6 Å². The number of aromatic nitrogens is 1. The molecule has 0 spiro atoms. The van der Waals surface area contributed by atoms with Crippen LogP contribution in [0.15, 0.2) is 4.52 Å². The molecule has 1 saturated heterocycles. The van der Waals surface area contributed by atoms with E-state index in [0.29, 0.717) is 18.8 Å². The van der Waals surface area contributed by atoms with Crippen LogP contribution in [0, 0.1) is 5.92 Å². The Morgan fingerprint density at radius 3 is 2.79 bits per heavy atom. The minimum Gasteiger partial charge on any atom is -0.360 e. The first-order chi connectivity index (χ1) is 11.4. The lowest BCUT2D eigenvalue weighted by Crippen LogP contribution is -2.40. The quantitative estimate of drug-likeness (QED) is 0.860. The first-order valence-corrected chi connectivity index (χ1v) is 10.5. The molecule has 134 valence electrons. The fourth-order valence-corrected chi connectivity index (χ4v) is 4.63. The van der Waals surface area contributed by atoms with Crippen LogP contribution < -0.4 is 4.72 Å². The topological polar surface area (TPSA) is 92.5 Å². The summed E-state index contributed by atoms with van der Waals surface area (Å²) in [6.07, 6.45) is 6.78. The lowest BCUT2D eigenvalue weighted by molar-refractivity contribution is 0.0773. The Morgan fingerprint density at radius 1 is 1.33 bits per heavy atom. The zero-order chi connectivity index (χ0) is 17.3. The highest BCUT2D eigenvalue weighted by Crippen LogP contribution is 2.28. The van der Waals surface area contributed by atoms with Crippen molar-refractivity contribution in [2.45, 2.75) is 51.5 Å². The van der Waals surface area contributed by atoms with Gasteiger partial charge in [-0.2, -0.15) is 0 Å². The molecule has 0 radical (unpaired) electrons. The molecule has 8 heteroatoms. The van der Waals surface area contributed by atoms with Crippen LogP contribution in [0.25, 0.3) is 0 Å². The molecular weight excluding hydrogens is 330 g/mol. The summed E-state index contributed by atoms with van der Waals surface area (Å²) in [6, 6.07) is -0.230. The summed E-state index contributed by atoms with van der Waals surface area (Å²) in [4.78, 5) is 14.6. The van der Waals surface area contributed by atoms with Gasteiger partial charge in [0.25, 0.3) is 5.91 Å². The average Bonchev–Trinajstić information content (AvgIpc) is 3.10. The van der Waals surface area contributed by atoms with Gasteiger partial charge in [0, 0.05) is 31.1 Å². The largest absolute Gasteiger partial charge is 0.360 e. The zero-order valence-electron chi connectivity index (χ0n) is 14.2. The zero-order valence-corrected chi connectivity index (χ0v) is 15.1. The van der Waals surface area contributed by atoms with Crippen molar-refractivity contribution in [3.8, 4) is 0 Å². The number of nitrogens with zero attached hydrogens (tertiary/aromatic N) is 2. The van der Waals surface area contributed by atoms with E-state index in [1.807, 2.05) is 0 Å². The van der Waals surface area contributed by atoms with Gasteiger partial charge in [0.15, 0.2) is 5.69 Å². The van der Waals surface area contributed by atoms with Crippen molar-refractivity contribution in [3.63, 3.8) is 0 Å². The molecule has 1 aromatic rings. The molecule has 1 aliphatic heterocycles. The fourth-order valence-electron chi connectivity index (χ4n) is 3.81. The Bertz CT molecular complexity index is 713. The van der Waals surface area contributed by atoms with E-state index in [-0.39, 0.29) is 17.9 Å². The number of sulfonamides is 1. The van der Waals surface area contributed by atoms with E-state index in [0.717, 1.165) is 56.1 Å². The van der Waals surface area contributed by atoms with Gasteiger partial charge in [-0.25, -0.2) is 13.1 Å². The van der Waals surface area contributed by atoms with E-state index in [2.05, 4.69) is 16.8 Å². The Balaban J connectivity index is 1.77. The molecule has 2 atom stereocenters. The number of aryl methyl sites for hydroxylation is 1. The molecule has 1 aliphatic carbocycles. The van der Waals surface area contributed by atoms with Gasteiger partial charge in [0.05, 0.1) is 6.26 Å². The minimum absolute atomic E-state index is 0.136. The summed E-state index contributed by atoms with van der Waals surface area (Å²) in [5.74, 6) is 0.830. The number of nitrogens with one attached hydrogen (secondary N) is 1. The van der Waals surface area contributed by atoms with Crippen molar-refractivity contribution >= 4 is 15.9 Å². The Morgan fingerprint density at radius 2 is 2.08 bits per heavy atom. The number of carbonyl (C=O) groups excluding carboxylic acids is 1. The maximum atomic E-state index is 12.9. The van der Waals surface area contributed by atoms with Crippen molar-refractivity contribution < 1.29 is 17.7 Å². The first kappa shape index (κ1) is 17.4. The smallest absolute Gasteiger partial charge is 0.276 e. The molecule has 0 bridgehead atoms. The molecule has 1 amide bonds. The predicted octanol–water partition coefficient (Wildman–Crippen LogP) is 1.34. The number of fused-ring (bicyclic) bond motifs is 1. The number of hydrogen-bond acceptors (Lipinski definition) is 5. The van der Waals surface area contributed by atoms with Crippen LogP contribution in [0.1, 0.15) is 54.4 Å². The van der Waals surface area contributed by atoms with Gasteiger partial charge in [0.1, 0.15) is 5.76 Å². The standard InChI is InChI=1S/C16H25N3O4S/c1-3-6-11-9-19(10-13(11)18-24(2,21)22)16(20)15-12-7-4-5-8-14(12)23-17-15/h11,13,18H,3-10H2,1-2H3/t11-,13-/m1/s1. The highest BCUT2D eigenvalue weighted by molar-refractivity contribution is 7.88. The van der Waals surface area contributed by atoms with Crippen molar-refractivity contribution in [1.29, 1.82) is 0 Å². The molecule has 2 aliphatic rings. The third-order valence-corrected chi connectivity index (χ3v) is 5.64. The second-order valence-electron chi connectivity index (χ2n) is 6.90. The van der Waals surface area contributed by atoms with Gasteiger partial charge in [-0.15, -0.1) is 0 Å². The minimum atomic E-state index is -3.30. The van der Waals surface area contributed by atoms with Gasteiger partial charge < -0.3 is 9.42 Å². The second kappa shape index (κ2) is 6.84. The Hall–Kier alpha value is -1.41. The molecule has 3 rings (SSSR count). The highest BCUT2D eigenvalue weighted by atomic mass is 32.2. The number of carbonyl (C=O) groups is 1. The van der Waals surface area contributed by atoms with E-state index in [4.69, 9.17) is 4.52 Å². The summed E-state index contributed by atoms with van der Waals surface area (Å²) in [7, 11) is -3.30. The molecule has 24 heavy (non-hydrogen) atoms. The molecule has 0 saturated carbocycles. The summed E-state index contributed by atoms with van der Waals surface area (Å²) in [5, 5.41) is 4.01. The van der Waals surface area contributed by atoms with Crippen LogP contribution in [-0.4, -0.2) is 49.8 Å². The molecule has 2 heterocycles. The van der Waals surface area contributed by atoms with Crippen LogP contribution >= 0.6 is 0 Å². The van der Waals surface area contributed by atoms with Crippen molar-refractivity contribution in [3.05, 3.63) is 17.0 Å². The summed E-state index contributed by atoms with van der Waals surface area (Å²) in [5.41, 5.74) is 1.36. The summed E-state index contributed by atoms with van der Waals surface area (Å²) < 4.78 is 31.2. The number of amides is 1. The molecular formula is C16H25N3O4S. The second-order valence-corrected chi connectivity index (χ2v) is 8.68. The molecule has 0 unspecified atom stereocenters. The third-order valence-electron chi connectivity index (χ3n) is 4.91. The third kappa shape index (κ3) is 3.64. The Labute approximate surface area is 142 Å². The predicted molar refractivity (Wildman–Crippen MR) is 89.2 cm³/mol. The molecule has 7 nitrogen and oxygen atoms in total. The fraction of sp³-hybridized carbons (Fsp3) is 0.750. The normalized spacial score (nSPS) is 24.2. The van der Waals surface area contributed by atoms with E-state index in [9.17, 15) is 13.2 Å². The maximum Gasteiger partial charge on any atom is 0.276 e. The monoisotopic (exact) mass is 355 g/mol. The van der Waals surface area contributed by atoms with Crippen LogP contribution in [-0.2, 0) is 22.9 Å². The van der Waals surface area contributed by atoms with Crippen LogP contribution in [0.5, 0.6) is 0 Å². The van der Waals surface area contributed by atoms with Gasteiger partial charge >= 0.3 is 0 Å². The molecule has 1 aromatic heterocycles. The van der Waals surface area contributed by atoms with Gasteiger partial charge in [0.2, 0.25) is 10.0 Å². The summed E-state index contributed by atoms with van der Waals surface area (Å²) >= 11 is 0. The number of hydrogen-bond donors (Lipinski definition) is 1. The van der Waals surface area contributed by atoms with E-state index >= 15 is 0 Å². The first-order valence-electron chi connectivity index (χ1n) is 8.63. The number of likely N-dealkylation sites (tertiary alicyclic amines) is 1. The van der Waals surface area contributed by atoms with E-state index < -0.39 is 10.0 Å². The lowest BCUT2D eigenvalue weighted by Gasteiger charge is -2.17. The van der Waals surface area contributed by atoms with E-state index in [1.54, 1.807) is 4.90 Å². The van der Waals surface area contributed by atoms with Gasteiger partial charge in [-0.1, -0.05) is 18.5 Å². The van der Waals surface area contributed by atoms with E-state index in [1.165, 1.54) is 0 Å². The van der Waals surface area contributed by atoms with Crippen molar-refractivity contribution in [2.75, 3.05) is 19.3 Å². The summed E-state index contributed by atoms with van der Waals surface area (Å²) in [6.45, 7) is 3.01. The molecule has 0 aromatic carbocycles. The highest BCUT2D eigenvalue weighted by Gasteiger charge is 2.38. The maximum absolute atomic E-state index is 12.9. The molecule has 1 N–H and O–H groups in total. The van der Waals surface area contributed by atoms with Crippen LogP contribution in [0.2, 0.25) is 0 Å².